The number of hydrogen-bond acceptors (Lipinski definition) is 4. The zero-order valence-electron chi connectivity index (χ0n) is 16.4. The zero-order chi connectivity index (χ0) is 20.1. The van der Waals surface area contributed by atoms with E-state index in [1.54, 1.807) is 10.7 Å². The quantitative estimate of drug-likeness (QED) is 0.480. The highest BCUT2D eigenvalue weighted by molar-refractivity contribution is 6.30. The monoisotopic (exact) mass is 407 g/mol. The number of halogens is 1. The highest BCUT2D eigenvalue weighted by atomic mass is 35.5. The van der Waals surface area contributed by atoms with E-state index in [2.05, 4.69) is 29.1 Å². The predicted octanol–water partition coefficient (Wildman–Crippen LogP) is 4.76. The van der Waals surface area contributed by atoms with E-state index in [0.29, 0.717) is 33.5 Å². The summed E-state index contributed by atoms with van der Waals surface area (Å²) in [5, 5.41) is 13.8. The first kappa shape index (κ1) is 18.3. The fourth-order valence-electron chi connectivity index (χ4n) is 4.55. The zero-order valence-corrected chi connectivity index (χ0v) is 17.2. The molecule has 7 heteroatoms. The van der Waals surface area contributed by atoms with E-state index in [9.17, 15) is 4.79 Å². The highest BCUT2D eigenvalue weighted by Crippen LogP contribution is 2.37. The Morgan fingerprint density at radius 3 is 2.66 bits per heavy atom. The van der Waals surface area contributed by atoms with E-state index in [1.807, 2.05) is 41.1 Å². The summed E-state index contributed by atoms with van der Waals surface area (Å²) in [5.41, 5.74) is 3.37. The molecular weight excluding hydrogens is 386 g/mol. The van der Waals surface area contributed by atoms with Crippen molar-refractivity contribution in [3.63, 3.8) is 0 Å². The molecule has 3 unspecified atom stereocenters. The molecule has 0 N–H and O–H groups in total. The lowest BCUT2D eigenvalue weighted by Crippen LogP contribution is -2.34. The first-order valence-corrected chi connectivity index (χ1v) is 10.4. The molecule has 5 rings (SSSR count). The topological polar surface area (TPSA) is 65.1 Å². The van der Waals surface area contributed by atoms with Crippen LogP contribution >= 0.6 is 11.6 Å². The van der Waals surface area contributed by atoms with Gasteiger partial charge in [0.1, 0.15) is 5.52 Å². The van der Waals surface area contributed by atoms with Gasteiger partial charge < -0.3 is 4.57 Å². The van der Waals surface area contributed by atoms with Gasteiger partial charge in [0.2, 0.25) is 0 Å². The fraction of sp³-hybridized carbons (Fsp3) is 0.364. The van der Waals surface area contributed by atoms with Gasteiger partial charge in [-0.25, -0.2) is 4.52 Å². The second kappa shape index (κ2) is 6.95. The van der Waals surface area contributed by atoms with E-state index in [-0.39, 0.29) is 11.6 Å². The van der Waals surface area contributed by atoms with Crippen LogP contribution in [0, 0.1) is 11.8 Å². The maximum Gasteiger partial charge on any atom is 0.280 e. The second-order valence-corrected chi connectivity index (χ2v) is 8.53. The van der Waals surface area contributed by atoms with Crippen molar-refractivity contribution in [2.45, 2.75) is 39.2 Å². The van der Waals surface area contributed by atoms with Crippen LogP contribution in [0.4, 0.5) is 0 Å². The smallest absolute Gasteiger partial charge is 0.280 e. The number of pyridine rings is 1. The molecule has 3 heterocycles. The van der Waals surface area contributed by atoms with Gasteiger partial charge in [-0.2, -0.15) is 5.10 Å². The summed E-state index contributed by atoms with van der Waals surface area (Å²) < 4.78 is 3.55. The number of fused-ring (bicyclic) bond motifs is 3. The van der Waals surface area contributed by atoms with Crippen LogP contribution in [0.15, 0.2) is 47.5 Å². The molecular formula is C22H22ClN5O. The summed E-state index contributed by atoms with van der Waals surface area (Å²) in [5.74, 6) is 1.06. The van der Waals surface area contributed by atoms with Crippen molar-refractivity contribution < 1.29 is 0 Å². The standard InChI is InChI=1S/C22H22ClN5O/c1-13-4-3-5-18(14(13)2)27-11-10-19-20(22(27)29)25-26-21-17(12-24-28(19)21)15-6-8-16(23)9-7-15/h6-14,18H,3-5H2,1-2H3. The third-order valence-corrected chi connectivity index (χ3v) is 6.72. The number of aromatic nitrogens is 5. The molecule has 0 aliphatic heterocycles. The lowest BCUT2D eigenvalue weighted by Gasteiger charge is -2.35. The van der Waals surface area contributed by atoms with Crippen molar-refractivity contribution >= 4 is 28.3 Å². The van der Waals surface area contributed by atoms with Gasteiger partial charge in [-0.1, -0.05) is 50.4 Å². The minimum Gasteiger partial charge on any atom is -0.310 e. The fourth-order valence-corrected chi connectivity index (χ4v) is 4.67. The van der Waals surface area contributed by atoms with Crippen molar-refractivity contribution in [2.24, 2.45) is 11.8 Å². The summed E-state index contributed by atoms with van der Waals surface area (Å²) in [7, 11) is 0. The Balaban J connectivity index is 1.65. The van der Waals surface area contributed by atoms with Crippen LogP contribution in [-0.4, -0.2) is 24.4 Å². The highest BCUT2D eigenvalue weighted by Gasteiger charge is 2.29. The van der Waals surface area contributed by atoms with Crippen LogP contribution in [0.2, 0.25) is 5.02 Å². The Bertz CT molecular complexity index is 1260. The van der Waals surface area contributed by atoms with Gasteiger partial charge in [-0.3, -0.25) is 4.79 Å². The summed E-state index contributed by atoms with van der Waals surface area (Å²) in [4.78, 5) is 13.2. The molecule has 1 saturated carbocycles. The van der Waals surface area contributed by atoms with Gasteiger partial charge in [0, 0.05) is 22.8 Å². The lowest BCUT2D eigenvalue weighted by molar-refractivity contribution is 0.183. The number of rotatable bonds is 2. The van der Waals surface area contributed by atoms with E-state index >= 15 is 0 Å². The molecule has 0 radical (unpaired) electrons. The minimum atomic E-state index is -0.0913. The lowest BCUT2D eigenvalue weighted by atomic mass is 9.78. The molecule has 6 nitrogen and oxygen atoms in total. The third kappa shape index (κ3) is 2.94. The molecule has 1 aliphatic rings. The molecule has 0 amide bonds. The van der Waals surface area contributed by atoms with Crippen LogP contribution in [0.5, 0.6) is 0 Å². The first-order chi connectivity index (χ1) is 14.0. The third-order valence-electron chi connectivity index (χ3n) is 6.47. The maximum absolute atomic E-state index is 13.2. The predicted molar refractivity (Wildman–Crippen MR) is 114 cm³/mol. The second-order valence-electron chi connectivity index (χ2n) is 8.10. The summed E-state index contributed by atoms with van der Waals surface area (Å²) >= 11 is 6.00. The Labute approximate surface area is 173 Å². The van der Waals surface area contributed by atoms with Crippen LogP contribution in [-0.2, 0) is 0 Å². The van der Waals surface area contributed by atoms with E-state index in [1.165, 1.54) is 6.42 Å². The van der Waals surface area contributed by atoms with Gasteiger partial charge >= 0.3 is 0 Å². The Kier molecular flexibility index (Phi) is 4.39. The number of benzene rings is 1. The molecule has 3 aromatic heterocycles. The molecule has 0 saturated heterocycles. The van der Waals surface area contributed by atoms with E-state index in [4.69, 9.17) is 11.6 Å². The van der Waals surface area contributed by atoms with Crippen molar-refractivity contribution in [3.05, 3.63) is 58.1 Å². The largest absolute Gasteiger partial charge is 0.310 e. The van der Waals surface area contributed by atoms with E-state index in [0.717, 1.165) is 24.0 Å². The molecule has 1 aliphatic carbocycles. The molecule has 1 fully saturated rings. The first-order valence-electron chi connectivity index (χ1n) is 10.1. The van der Waals surface area contributed by atoms with Gasteiger partial charge in [-0.05, 0) is 42.0 Å². The summed E-state index contributed by atoms with van der Waals surface area (Å²) in [6.45, 7) is 4.51. The van der Waals surface area contributed by atoms with Crippen molar-refractivity contribution in [1.29, 1.82) is 0 Å². The molecule has 4 aromatic rings. The average molecular weight is 408 g/mol. The molecule has 0 bridgehead atoms. The molecule has 3 atom stereocenters. The van der Waals surface area contributed by atoms with Crippen molar-refractivity contribution in [2.75, 3.05) is 0 Å². The molecule has 0 spiro atoms. The Hall–Kier alpha value is -2.73. The van der Waals surface area contributed by atoms with Crippen LogP contribution in [0.25, 0.3) is 27.8 Å². The van der Waals surface area contributed by atoms with Gasteiger partial charge in [0.05, 0.1) is 6.20 Å². The van der Waals surface area contributed by atoms with E-state index < -0.39 is 0 Å². The van der Waals surface area contributed by atoms with Crippen LogP contribution in [0.1, 0.15) is 39.2 Å². The van der Waals surface area contributed by atoms with Gasteiger partial charge in [0.15, 0.2) is 11.2 Å². The summed E-state index contributed by atoms with van der Waals surface area (Å²) in [6, 6.07) is 9.65. The minimum absolute atomic E-state index is 0.0913. The Morgan fingerprint density at radius 1 is 1.07 bits per heavy atom. The van der Waals surface area contributed by atoms with Crippen LogP contribution in [0.3, 0.4) is 0 Å². The van der Waals surface area contributed by atoms with Crippen molar-refractivity contribution in [3.8, 4) is 11.1 Å². The Morgan fingerprint density at radius 2 is 1.86 bits per heavy atom. The average Bonchev–Trinajstić information content (AvgIpc) is 3.16. The van der Waals surface area contributed by atoms with Gasteiger partial charge in [0.25, 0.3) is 5.56 Å². The normalized spacial score (nSPS) is 22.4. The maximum atomic E-state index is 13.2. The number of hydrogen-bond donors (Lipinski definition) is 0. The molecule has 1 aromatic carbocycles. The number of nitrogens with zero attached hydrogens (tertiary/aromatic N) is 5. The molecule has 148 valence electrons. The molecule has 29 heavy (non-hydrogen) atoms. The summed E-state index contributed by atoms with van der Waals surface area (Å²) in [6.07, 6.45) is 7.04. The SMILES string of the molecule is CC1CCCC(n2ccc3c(nnc4c(-c5ccc(Cl)cc5)cnn43)c2=O)C1C. The van der Waals surface area contributed by atoms with Crippen molar-refractivity contribution in [1.82, 2.24) is 24.4 Å². The van der Waals surface area contributed by atoms with Crippen LogP contribution < -0.4 is 5.56 Å². The van der Waals surface area contributed by atoms with Gasteiger partial charge in [-0.15, -0.1) is 10.2 Å².